The normalized spacial score (nSPS) is 16.4. The van der Waals surface area contributed by atoms with E-state index in [0.717, 1.165) is 43.9 Å². The first-order valence-electron chi connectivity index (χ1n) is 8.30. The lowest BCUT2D eigenvalue weighted by Crippen LogP contribution is -2.37. The molecule has 1 aliphatic heterocycles. The molecule has 7 nitrogen and oxygen atoms in total. The van der Waals surface area contributed by atoms with Crippen LogP contribution in [0.2, 0.25) is 0 Å². The Morgan fingerprint density at radius 3 is 2.62 bits per heavy atom. The van der Waals surface area contributed by atoms with Gasteiger partial charge in [0.15, 0.2) is 0 Å². The van der Waals surface area contributed by atoms with Gasteiger partial charge in [-0.25, -0.2) is 4.68 Å². The molecule has 0 bridgehead atoms. The van der Waals surface area contributed by atoms with Gasteiger partial charge in [0.25, 0.3) is 11.1 Å². The van der Waals surface area contributed by atoms with Gasteiger partial charge in [0.2, 0.25) is 0 Å². The summed E-state index contributed by atoms with van der Waals surface area (Å²) in [6, 6.07) is 3.33. The van der Waals surface area contributed by atoms with Crippen LogP contribution in [0.3, 0.4) is 0 Å². The van der Waals surface area contributed by atoms with E-state index < -0.39 is 0 Å². The molecule has 2 aromatic rings. The molecule has 24 heavy (non-hydrogen) atoms. The van der Waals surface area contributed by atoms with Crippen molar-refractivity contribution in [3.63, 3.8) is 0 Å². The zero-order chi connectivity index (χ0) is 17.1. The van der Waals surface area contributed by atoms with Crippen LogP contribution in [0.25, 0.3) is 0 Å². The zero-order valence-corrected chi connectivity index (χ0v) is 14.2. The van der Waals surface area contributed by atoms with E-state index in [-0.39, 0.29) is 11.1 Å². The lowest BCUT2D eigenvalue weighted by atomic mass is 9.96. The number of aryl methyl sites for hydroxylation is 1. The van der Waals surface area contributed by atoms with E-state index in [0.29, 0.717) is 12.5 Å². The first-order chi connectivity index (χ1) is 11.5. The fraction of sp³-hybridized carbons (Fsp3) is 0.529. The number of aromatic nitrogens is 4. The summed E-state index contributed by atoms with van der Waals surface area (Å²) in [4.78, 5) is 29.8. The highest BCUT2D eigenvalue weighted by Gasteiger charge is 2.21. The molecule has 0 spiro atoms. The van der Waals surface area contributed by atoms with Gasteiger partial charge in [0, 0.05) is 32.4 Å². The number of hydrogen-bond acceptors (Lipinski definition) is 5. The summed E-state index contributed by atoms with van der Waals surface area (Å²) in [5.41, 5.74) is 1.68. The third kappa shape index (κ3) is 3.79. The Labute approximate surface area is 140 Å². The summed E-state index contributed by atoms with van der Waals surface area (Å²) in [5, 5.41) is 4.32. The predicted octanol–water partition coefficient (Wildman–Crippen LogP) is 0.558. The molecule has 0 saturated carbocycles. The van der Waals surface area contributed by atoms with Gasteiger partial charge >= 0.3 is 0 Å². The third-order valence-electron chi connectivity index (χ3n) is 4.69. The summed E-state index contributed by atoms with van der Waals surface area (Å²) in [6.07, 6.45) is 5.14. The van der Waals surface area contributed by atoms with Gasteiger partial charge in [-0.15, -0.1) is 0 Å². The van der Waals surface area contributed by atoms with Crippen molar-refractivity contribution in [2.75, 3.05) is 13.1 Å². The van der Waals surface area contributed by atoms with Crippen molar-refractivity contribution >= 4 is 0 Å². The van der Waals surface area contributed by atoms with E-state index in [2.05, 4.69) is 15.0 Å². The minimum atomic E-state index is -0.0766. The van der Waals surface area contributed by atoms with Gasteiger partial charge in [-0.3, -0.25) is 19.5 Å². The summed E-state index contributed by atoms with van der Waals surface area (Å²) in [6.45, 7) is 5.22. The number of rotatable bonds is 4. The quantitative estimate of drug-likeness (QED) is 0.819. The fourth-order valence-corrected chi connectivity index (χ4v) is 3.13. The third-order valence-corrected chi connectivity index (χ3v) is 4.69. The molecule has 0 aromatic carbocycles. The highest BCUT2D eigenvalue weighted by Crippen LogP contribution is 2.19. The van der Waals surface area contributed by atoms with Crippen molar-refractivity contribution in [2.24, 2.45) is 13.0 Å². The van der Waals surface area contributed by atoms with Gasteiger partial charge in [0.05, 0.1) is 17.6 Å². The SMILES string of the molecule is Cc1ccc(=O)n(CC2CCN(Cc3cncc(=O)n3C)CC2)n1. The second-order valence-electron chi connectivity index (χ2n) is 6.51. The van der Waals surface area contributed by atoms with Crippen LogP contribution < -0.4 is 11.1 Å². The molecule has 1 saturated heterocycles. The molecule has 1 aliphatic rings. The van der Waals surface area contributed by atoms with Gasteiger partial charge in [0.1, 0.15) is 0 Å². The topological polar surface area (TPSA) is 73.0 Å². The molecule has 3 heterocycles. The van der Waals surface area contributed by atoms with E-state index in [1.165, 1.54) is 6.20 Å². The molecular weight excluding hydrogens is 306 g/mol. The molecular formula is C17H23N5O2. The lowest BCUT2D eigenvalue weighted by molar-refractivity contribution is 0.160. The van der Waals surface area contributed by atoms with Crippen LogP contribution in [0.5, 0.6) is 0 Å². The van der Waals surface area contributed by atoms with Crippen LogP contribution in [-0.4, -0.2) is 37.3 Å². The molecule has 1 fully saturated rings. The van der Waals surface area contributed by atoms with Crippen molar-refractivity contribution in [2.45, 2.75) is 32.9 Å². The van der Waals surface area contributed by atoms with Crippen LogP contribution in [0.15, 0.2) is 34.1 Å². The van der Waals surface area contributed by atoms with E-state index in [1.54, 1.807) is 34.6 Å². The molecule has 0 radical (unpaired) electrons. The predicted molar refractivity (Wildman–Crippen MR) is 90.7 cm³/mol. The molecule has 2 aromatic heterocycles. The van der Waals surface area contributed by atoms with E-state index in [1.807, 2.05) is 6.92 Å². The average Bonchev–Trinajstić information content (AvgIpc) is 2.57. The smallest absolute Gasteiger partial charge is 0.268 e. The first kappa shape index (κ1) is 16.6. The molecule has 0 amide bonds. The molecule has 128 valence electrons. The minimum absolute atomic E-state index is 0.0339. The van der Waals surface area contributed by atoms with Gasteiger partial charge in [-0.2, -0.15) is 5.10 Å². The monoisotopic (exact) mass is 329 g/mol. The molecule has 0 unspecified atom stereocenters. The Balaban J connectivity index is 1.58. The van der Waals surface area contributed by atoms with Crippen LogP contribution >= 0.6 is 0 Å². The molecule has 0 N–H and O–H groups in total. The maximum absolute atomic E-state index is 11.9. The van der Waals surface area contributed by atoms with Crippen molar-refractivity contribution in [3.8, 4) is 0 Å². The fourth-order valence-electron chi connectivity index (χ4n) is 3.13. The number of nitrogens with zero attached hydrogens (tertiary/aromatic N) is 5. The van der Waals surface area contributed by atoms with Crippen LogP contribution in [0.4, 0.5) is 0 Å². The number of piperidine rings is 1. The van der Waals surface area contributed by atoms with Crippen LogP contribution in [0, 0.1) is 12.8 Å². The van der Waals surface area contributed by atoms with Gasteiger partial charge < -0.3 is 4.57 Å². The first-order valence-corrected chi connectivity index (χ1v) is 8.30. The number of hydrogen-bond donors (Lipinski definition) is 0. The Morgan fingerprint density at radius 1 is 1.12 bits per heavy atom. The maximum Gasteiger partial charge on any atom is 0.268 e. The second kappa shape index (κ2) is 7.09. The van der Waals surface area contributed by atoms with E-state index in [9.17, 15) is 9.59 Å². The standard InChI is InChI=1S/C17H23N5O2/c1-13-3-4-16(23)22(19-13)11-14-5-7-21(8-6-14)12-15-9-18-10-17(24)20(15)2/h3-4,9-10,14H,5-8,11-12H2,1-2H3. The minimum Gasteiger partial charge on any atom is -0.312 e. The van der Waals surface area contributed by atoms with Gasteiger partial charge in [-0.1, -0.05) is 0 Å². The summed E-state index contributed by atoms with van der Waals surface area (Å²) < 4.78 is 3.23. The zero-order valence-electron chi connectivity index (χ0n) is 14.2. The summed E-state index contributed by atoms with van der Waals surface area (Å²) >= 11 is 0. The van der Waals surface area contributed by atoms with Crippen molar-refractivity contribution in [3.05, 3.63) is 56.6 Å². The van der Waals surface area contributed by atoms with E-state index in [4.69, 9.17) is 0 Å². The summed E-state index contributed by atoms with van der Waals surface area (Å²) in [5.74, 6) is 0.464. The molecule has 0 aliphatic carbocycles. The molecule has 0 atom stereocenters. The van der Waals surface area contributed by atoms with Crippen LogP contribution in [0.1, 0.15) is 24.2 Å². The van der Waals surface area contributed by atoms with Crippen molar-refractivity contribution < 1.29 is 0 Å². The molecule has 7 heteroatoms. The lowest BCUT2D eigenvalue weighted by Gasteiger charge is -2.32. The highest BCUT2D eigenvalue weighted by atomic mass is 16.1. The van der Waals surface area contributed by atoms with Crippen LogP contribution in [-0.2, 0) is 20.1 Å². The largest absolute Gasteiger partial charge is 0.312 e. The van der Waals surface area contributed by atoms with Gasteiger partial charge in [-0.05, 0) is 44.8 Å². The second-order valence-corrected chi connectivity index (χ2v) is 6.51. The maximum atomic E-state index is 11.9. The Morgan fingerprint density at radius 2 is 1.88 bits per heavy atom. The number of likely N-dealkylation sites (tertiary alicyclic amines) is 1. The Hall–Kier alpha value is -2.28. The average molecular weight is 329 g/mol. The summed E-state index contributed by atoms with van der Waals surface area (Å²) in [7, 11) is 1.78. The van der Waals surface area contributed by atoms with Crippen molar-refractivity contribution in [1.82, 2.24) is 24.2 Å². The Kier molecular flexibility index (Phi) is 4.89. The Bertz CT molecular complexity index is 818. The molecule has 3 rings (SSSR count). The highest BCUT2D eigenvalue weighted by molar-refractivity contribution is 4.99. The van der Waals surface area contributed by atoms with E-state index >= 15 is 0 Å². The van der Waals surface area contributed by atoms with Crippen molar-refractivity contribution in [1.29, 1.82) is 0 Å².